The first-order valence-corrected chi connectivity index (χ1v) is 11.6. The van der Waals surface area contributed by atoms with Gasteiger partial charge in [0.1, 0.15) is 0 Å². The summed E-state index contributed by atoms with van der Waals surface area (Å²) in [5, 5.41) is 5.61. The molecule has 0 saturated heterocycles. The minimum Gasteiger partial charge on any atom is -0.452 e. The smallest absolute Gasteiger partial charge is 0.339 e. The van der Waals surface area contributed by atoms with Gasteiger partial charge in [0.15, 0.2) is 6.61 Å². The van der Waals surface area contributed by atoms with Gasteiger partial charge in [-0.05, 0) is 60.4 Å². The summed E-state index contributed by atoms with van der Waals surface area (Å²) in [6.45, 7) is 2.38. The second-order valence-corrected chi connectivity index (χ2v) is 8.63. The molecule has 2 heterocycles. The van der Waals surface area contributed by atoms with Gasteiger partial charge >= 0.3 is 5.97 Å². The van der Waals surface area contributed by atoms with Crippen LogP contribution in [0.15, 0.2) is 41.8 Å². The molecule has 1 aliphatic carbocycles. The Balaban J connectivity index is 1.68. The van der Waals surface area contributed by atoms with Gasteiger partial charge in [0.25, 0.3) is 5.91 Å². The van der Waals surface area contributed by atoms with E-state index in [-0.39, 0.29) is 12.5 Å². The van der Waals surface area contributed by atoms with E-state index < -0.39 is 5.97 Å². The normalized spacial score (nSPS) is 14.4. The first-order chi connectivity index (χ1) is 15.2. The second kappa shape index (κ2) is 9.88. The lowest BCUT2D eigenvalue weighted by molar-refractivity contribution is -0.124. The van der Waals surface area contributed by atoms with Crippen LogP contribution in [0.5, 0.6) is 0 Å². The minimum absolute atomic E-state index is 0.271. The van der Waals surface area contributed by atoms with E-state index in [0.29, 0.717) is 12.1 Å². The fraction of sp³-hybridized carbons (Fsp3) is 0.320. The van der Waals surface area contributed by atoms with E-state index >= 15 is 0 Å². The number of benzene rings is 1. The van der Waals surface area contributed by atoms with Crippen LogP contribution in [0.3, 0.4) is 0 Å². The molecule has 5 nitrogen and oxygen atoms in total. The van der Waals surface area contributed by atoms with Crippen LogP contribution in [0.1, 0.15) is 59.1 Å². The molecule has 0 saturated carbocycles. The number of thiophene rings is 1. The largest absolute Gasteiger partial charge is 0.452 e. The summed E-state index contributed by atoms with van der Waals surface area (Å²) in [5.74, 6) is -0.731. The highest BCUT2D eigenvalue weighted by Crippen LogP contribution is 2.36. The quantitative estimate of drug-likeness (QED) is 0.408. The number of amides is 1. The molecule has 0 unspecified atom stereocenters. The molecule has 0 fully saturated rings. The SMILES string of the molecule is CCCCNC(=O)COC(=O)c1c2c(nc3ccccc13)C(=Cc1cccs1)CCC2. The molecule has 160 valence electrons. The third-order valence-corrected chi connectivity index (χ3v) is 6.24. The van der Waals surface area contributed by atoms with E-state index in [2.05, 4.69) is 29.8 Å². The Morgan fingerprint density at radius 2 is 2.06 bits per heavy atom. The first kappa shape index (κ1) is 21.2. The zero-order valence-electron chi connectivity index (χ0n) is 17.6. The van der Waals surface area contributed by atoms with Gasteiger partial charge in [0.05, 0.1) is 16.8 Å². The number of carbonyl (C=O) groups excluding carboxylic acids is 2. The molecule has 3 aromatic rings. The molecule has 0 aliphatic heterocycles. The number of hydrogen-bond donors (Lipinski definition) is 1. The predicted octanol–water partition coefficient (Wildman–Crippen LogP) is 5.25. The van der Waals surface area contributed by atoms with Crippen LogP contribution in [-0.4, -0.2) is 30.0 Å². The Labute approximate surface area is 186 Å². The summed E-state index contributed by atoms with van der Waals surface area (Å²) >= 11 is 1.68. The van der Waals surface area contributed by atoms with Crippen molar-refractivity contribution >= 4 is 45.8 Å². The Hall–Kier alpha value is -2.99. The highest BCUT2D eigenvalue weighted by Gasteiger charge is 2.26. The van der Waals surface area contributed by atoms with Crippen molar-refractivity contribution in [1.82, 2.24) is 10.3 Å². The highest BCUT2D eigenvalue weighted by atomic mass is 32.1. The number of ether oxygens (including phenoxy) is 1. The Morgan fingerprint density at radius 1 is 1.19 bits per heavy atom. The minimum atomic E-state index is -0.460. The number of carbonyl (C=O) groups is 2. The lowest BCUT2D eigenvalue weighted by atomic mass is 9.86. The van der Waals surface area contributed by atoms with Crippen molar-refractivity contribution < 1.29 is 14.3 Å². The zero-order chi connectivity index (χ0) is 21.6. The first-order valence-electron chi connectivity index (χ1n) is 10.8. The van der Waals surface area contributed by atoms with Crippen molar-refractivity contribution in [3.63, 3.8) is 0 Å². The number of unbranched alkanes of at least 4 members (excludes halogenated alkanes) is 1. The maximum absolute atomic E-state index is 13.1. The molecule has 0 radical (unpaired) electrons. The van der Waals surface area contributed by atoms with Crippen LogP contribution >= 0.6 is 11.3 Å². The molecule has 31 heavy (non-hydrogen) atoms. The van der Waals surface area contributed by atoms with E-state index in [0.717, 1.165) is 59.8 Å². The fourth-order valence-corrected chi connectivity index (χ4v) is 4.59. The van der Waals surface area contributed by atoms with Gasteiger partial charge in [0.2, 0.25) is 0 Å². The lowest BCUT2D eigenvalue weighted by Crippen LogP contribution is -2.30. The van der Waals surface area contributed by atoms with Crippen molar-refractivity contribution in [3.05, 3.63) is 63.5 Å². The number of rotatable bonds is 7. The number of aromatic nitrogens is 1. The monoisotopic (exact) mass is 434 g/mol. The van der Waals surface area contributed by atoms with Crippen molar-refractivity contribution in [1.29, 1.82) is 0 Å². The Morgan fingerprint density at radius 3 is 2.87 bits per heavy atom. The molecule has 1 aliphatic rings. The molecule has 0 bridgehead atoms. The molecule has 6 heteroatoms. The maximum atomic E-state index is 13.1. The van der Waals surface area contributed by atoms with Gasteiger partial charge in [-0.3, -0.25) is 4.79 Å². The lowest BCUT2D eigenvalue weighted by Gasteiger charge is -2.22. The molecule has 0 atom stereocenters. The third-order valence-electron chi connectivity index (χ3n) is 5.42. The van der Waals surface area contributed by atoms with Gasteiger partial charge in [-0.15, -0.1) is 11.3 Å². The number of fused-ring (bicyclic) bond motifs is 2. The maximum Gasteiger partial charge on any atom is 0.339 e. The van der Waals surface area contributed by atoms with Crippen LogP contribution in [-0.2, 0) is 16.0 Å². The summed E-state index contributed by atoms with van der Waals surface area (Å²) < 4.78 is 5.44. The molecule has 1 aromatic carbocycles. The third kappa shape index (κ3) is 4.85. The Kier molecular flexibility index (Phi) is 6.77. The summed E-state index contributed by atoms with van der Waals surface area (Å²) in [6, 6.07) is 11.8. The summed E-state index contributed by atoms with van der Waals surface area (Å²) in [7, 11) is 0. The summed E-state index contributed by atoms with van der Waals surface area (Å²) in [4.78, 5) is 31.3. The number of para-hydroxylation sites is 1. The molecule has 0 spiro atoms. The number of pyridine rings is 1. The van der Waals surface area contributed by atoms with Crippen molar-refractivity contribution in [2.24, 2.45) is 0 Å². The van der Waals surface area contributed by atoms with Crippen molar-refractivity contribution in [2.75, 3.05) is 13.2 Å². The number of hydrogen-bond acceptors (Lipinski definition) is 5. The van der Waals surface area contributed by atoms with Crippen LogP contribution in [0.2, 0.25) is 0 Å². The van der Waals surface area contributed by atoms with Crippen molar-refractivity contribution in [3.8, 4) is 0 Å². The van der Waals surface area contributed by atoms with E-state index in [9.17, 15) is 9.59 Å². The van der Waals surface area contributed by atoms with Gasteiger partial charge in [0, 0.05) is 16.8 Å². The molecule has 1 N–H and O–H groups in total. The fourth-order valence-electron chi connectivity index (χ4n) is 3.91. The highest BCUT2D eigenvalue weighted by molar-refractivity contribution is 7.10. The molecule has 1 amide bonds. The van der Waals surface area contributed by atoms with E-state index in [1.54, 1.807) is 11.3 Å². The summed E-state index contributed by atoms with van der Waals surface area (Å²) in [6.07, 6.45) is 6.70. The van der Waals surface area contributed by atoms with E-state index in [1.165, 1.54) is 4.88 Å². The van der Waals surface area contributed by atoms with E-state index in [4.69, 9.17) is 9.72 Å². The number of nitrogens with zero attached hydrogens (tertiary/aromatic N) is 1. The van der Waals surface area contributed by atoms with Crippen LogP contribution in [0.4, 0.5) is 0 Å². The van der Waals surface area contributed by atoms with Gasteiger partial charge < -0.3 is 10.1 Å². The Bertz CT molecular complexity index is 1120. The molecular formula is C25H26N2O3S. The second-order valence-electron chi connectivity index (χ2n) is 7.65. The van der Waals surface area contributed by atoms with Crippen LogP contribution in [0, 0.1) is 0 Å². The molecule has 4 rings (SSSR count). The summed E-state index contributed by atoms with van der Waals surface area (Å²) in [5.41, 5.74) is 4.24. The van der Waals surface area contributed by atoms with Gasteiger partial charge in [-0.1, -0.05) is 37.6 Å². The zero-order valence-corrected chi connectivity index (χ0v) is 18.5. The van der Waals surface area contributed by atoms with Crippen LogP contribution < -0.4 is 5.32 Å². The van der Waals surface area contributed by atoms with Crippen LogP contribution in [0.25, 0.3) is 22.6 Å². The predicted molar refractivity (Wildman–Crippen MR) is 125 cm³/mol. The standard InChI is InChI=1S/C25H26N2O3S/c1-2-3-13-26-22(28)16-30-25(29)23-19-10-4-5-12-21(19)27-24-17(8-6-11-20(23)24)15-18-9-7-14-31-18/h4-5,7,9-10,12,14-15H,2-3,6,8,11,13,16H2,1H3,(H,26,28). The average molecular weight is 435 g/mol. The van der Waals surface area contributed by atoms with Crippen molar-refractivity contribution in [2.45, 2.75) is 39.0 Å². The number of esters is 1. The number of nitrogens with one attached hydrogen (secondary N) is 1. The number of allylic oxidation sites excluding steroid dienone is 1. The average Bonchev–Trinajstić information content (AvgIpc) is 3.29. The van der Waals surface area contributed by atoms with Gasteiger partial charge in [-0.25, -0.2) is 9.78 Å². The van der Waals surface area contributed by atoms with E-state index in [1.807, 2.05) is 30.3 Å². The molecule has 2 aromatic heterocycles. The van der Waals surface area contributed by atoms with Gasteiger partial charge in [-0.2, -0.15) is 0 Å². The topological polar surface area (TPSA) is 68.3 Å². The molecular weight excluding hydrogens is 408 g/mol.